The molecule has 0 fully saturated rings. The van der Waals surface area contributed by atoms with E-state index in [1.165, 1.54) is 18.3 Å². The molecule has 0 bridgehead atoms. The largest absolute Gasteiger partial charge is 0.478 e. The highest BCUT2D eigenvalue weighted by Gasteiger charge is 2.14. The number of rotatable bonds is 8. The summed E-state index contributed by atoms with van der Waals surface area (Å²) in [6.07, 6.45) is 1.42. The van der Waals surface area contributed by atoms with Gasteiger partial charge in [0.2, 0.25) is 0 Å². The van der Waals surface area contributed by atoms with Crippen LogP contribution in [0.5, 0.6) is 0 Å². The average molecular weight is 552 g/mol. The van der Waals surface area contributed by atoms with E-state index in [0.717, 1.165) is 33.8 Å². The molecule has 2 aromatic heterocycles. The van der Waals surface area contributed by atoms with Crippen molar-refractivity contribution in [3.8, 4) is 39.5 Å². The van der Waals surface area contributed by atoms with Gasteiger partial charge < -0.3 is 14.1 Å². The summed E-state index contributed by atoms with van der Waals surface area (Å²) in [4.78, 5) is 23.9. The van der Waals surface area contributed by atoms with Crippen molar-refractivity contribution in [1.29, 1.82) is 0 Å². The molecule has 0 aliphatic rings. The molecular weight excluding hydrogens is 526 g/mol. The number of nitrogens with one attached hydrogen (secondary N) is 1. The first-order valence-corrected chi connectivity index (χ1v) is 13.3. The van der Waals surface area contributed by atoms with Crippen molar-refractivity contribution in [3.05, 3.63) is 150 Å². The van der Waals surface area contributed by atoms with E-state index in [1.54, 1.807) is 36.4 Å². The minimum absolute atomic E-state index is 0.199. The summed E-state index contributed by atoms with van der Waals surface area (Å²) in [5, 5.41) is 13.1. The monoisotopic (exact) mass is 551 g/mol. The Kier molecular flexibility index (Phi) is 7.29. The normalized spacial score (nSPS) is 11.0. The Labute approximate surface area is 242 Å². The van der Waals surface area contributed by atoms with Gasteiger partial charge in [-0.05, 0) is 71.8 Å². The lowest BCUT2D eigenvalue weighted by Gasteiger charge is -2.15. The number of amides is 1. The summed E-state index contributed by atoms with van der Waals surface area (Å²) >= 11 is 0. The standard InChI is InChI=1S/C35H25N3O4/c39-34(37-36-23-30-19-22-33(42-30)26-11-13-28(14-12-26)35(40)41)27-15-17-29(18-16-27)38-31(24-7-3-1-4-8-24)20-21-32(38)25-9-5-2-6-10-25/h1-23H,(H,37,39)(H,40,41)/b36-23-. The number of carboxylic acid groups (broad SMARTS) is 1. The second-order valence-corrected chi connectivity index (χ2v) is 9.50. The Hall–Kier alpha value is -5.95. The van der Waals surface area contributed by atoms with Crippen molar-refractivity contribution in [2.45, 2.75) is 0 Å². The third-order valence-corrected chi connectivity index (χ3v) is 6.81. The van der Waals surface area contributed by atoms with E-state index in [-0.39, 0.29) is 11.5 Å². The Morgan fingerprint density at radius 2 is 1.21 bits per heavy atom. The van der Waals surface area contributed by atoms with Crippen molar-refractivity contribution in [2.75, 3.05) is 0 Å². The molecule has 0 aliphatic carbocycles. The van der Waals surface area contributed by atoms with Crippen molar-refractivity contribution < 1.29 is 19.1 Å². The summed E-state index contributed by atoms with van der Waals surface area (Å²) in [6.45, 7) is 0. The minimum atomic E-state index is -0.988. The number of hydrogen-bond donors (Lipinski definition) is 2. The number of carboxylic acids is 1. The van der Waals surface area contributed by atoms with E-state index < -0.39 is 5.97 Å². The molecular formula is C35H25N3O4. The zero-order valence-electron chi connectivity index (χ0n) is 22.3. The first-order chi connectivity index (χ1) is 20.6. The first-order valence-electron chi connectivity index (χ1n) is 13.3. The van der Waals surface area contributed by atoms with Crippen molar-refractivity contribution >= 4 is 18.1 Å². The van der Waals surface area contributed by atoms with E-state index in [0.29, 0.717) is 17.1 Å². The van der Waals surface area contributed by atoms with Crippen LogP contribution in [-0.2, 0) is 0 Å². The van der Waals surface area contributed by atoms with Gasteiger partial charge in [0.25, 0.3) is 5.91 Å². The van der Waals surface area contributed by atoms with Crippen LogP contribution in [0.1, 0.15) is 26.5 Å². The van der Waals surface area contributed by atoms with E-state index in [1.807, 2.05) is 48.5 Å². The molecule has 0 radical (unpaired) electrons. The molecule has 6 aromatic rings. The van der Waals surface area contributed by atoms with Gasteiger partial charge in [-0.3, -0.25) is 4.79 Å². The summed E-state index contributed by atoms with van der Waals surface area (Å²) in [6, 6.07) is 41.9. The molecule has 2 heterocycles. The molecule has 6 rings (SSSR count). The maximum atomic E-state index is 12.8. The van der Waals surface area contributed by atoms with E-state index in [9.17, 15) is 9.59 Å². The van der Waals surface area contributed by atoms with Crippen LogP contribution in [0.2, 0.25) is 0 Å². The van der Waals surface area contributed by atoms with E-state index in [4.69, 9.17) is 9.52 Å². The number of hydrogen-bond acceptors (Lipinski definition) is 4. The van der Waals surface area contributed by atoms with Crippen molar-refractivity contribution in [3.63, 3.8) is 0 Å². The maximum Gasteiger partial charge on any atom is 0.335 e. The summed E-state index contributed by atoms with van der Waals surface area (Å²) in [5.41, 5.74) is 9.15. The Morgan fingerprint density at radius 1 is 0.643 bits per heavy atom. The van der Waals surface area contributed by atoms with Gasteiger partial charge in [0.1, 0.15) is 11.5 Å². The van der Waals surface area contributed by atoms with Crippen LogP contribution in [-0.4, -0.2) is 27.8 Å². The molecule has 0 unspecified atom stereocenters. The Bertz CT molecular complexity index is 1810. The molecule has 0 atom stereocenters. The Morgan fingerprint density at radius 3 is 1.79 bits per heavy atom. The summed E-state index contributed by atoms with van der Waals surface area (Å²) < 4.78 is 7.95. The smallest absolute Gasteiger partial charge is 0.335 e. The topological polar surface area (TPSA) is 96.8 Å². The first kappa shape index (κ1) is 26.3. The highest BCUT2D eigenvalue weighted by Crippen LogP contribution is 2.32. The fourth-order valence-electron chi connectivity index (χ4n) is 4.72. The summed E-state index contributed by atoms with van der Waals surface area (Å²) in [7, 11) is 0. The van der Waals surface area contributed by atoms with Crippen molar-refractivity contribution in [2.24, 2.45) is 5.10 Å². The lowest BCUT2D eigenvalue weighted by atomic mass is 10.1. The Balaban J connectivity index is 1.18. The highest BCUT2D eigenvalue weighted by atomic mass is 16.4. The third kappa shape index (κ3) is 5.52. The molecule has 0 saturated carbocycles. The molecule has 0 aliphatic heterocycles. The number of nitrogens with zero attached hydrogens (tertiary/aromatic N) is 2. The van der Waals surface area contributed by atoms with Gasteiger partial charge in [0.15, 0.2) is 0 Å². The molecule has 7 heteroatoms. The van der Waals surface area contributed by atoms with Crippen LogP contribution in [0.25, 0.3) is 39.5 Å². The number of aromatic nitrogens is 1. The number of furan rings is 1. The minimum Gasteiger partial charge on any atom is -0.478 e. The highest BCUT2D eigenvalue weighted by molar-refractivity contribution is 5.95. The number of benzene rings is 4. The number of aromatic carboxylic acids is 1. The van der Waals surface area contributed by atoms with Crippen LogP contribution in [0.15, 0.2) is 143 Å². The second-order valence-electron chi connectivity index (χ2n) is 9.50. The number of carbonyl (C=O) groups is 2. The van der Waals surface area contributed by atoms with Crippen LogP contribution in [0.4, 0.5) is 0 Å². The number of carbonyl (C=O) groups excluding carboxylic acids is 1. The maximum absolute atomic E-state index is 12.8. The summed E-state index contributed by atoms with van der Waals surface area (Å²) in [5.74, 6) is -0.340. The molecule has 0 saturated heterocycles. The molecule has 204 valence electrons. The molecule has 42 heavy (non-hydrogen) atoms. The van der Waals surface area contributed by atoms with Gasteiger partial charge in [-0.2, -0.15) is 5.10 Å². The fraction of sp³-hybridized carbons (Fsp3) is 0. The molecule has 2 N–H and O–H groups in total. The van der Waals surface area contributed by atoms with Crippen LogP contribution in [0.3, 0.4) is 0 Å². The quantitative estimate of drug-likeness (QED) is 0.151. The van der Waals surface area contributed by atoms with Gasteiger partial charge in [-0.15, -0.1) is 0 Å². The predicted octanol–water partition coefficient (Wildman–Crippen LogP) is 7.53. The fourth-order valence-corrected chi connectivity index (χ4v) is 4.72. The zero-order chi connectivity index (χ0) is 28.9. The van der Waals surface area contributed by atoms with Gasteiger partial charge >= 0.3 is 5.97 Å². The van der Waals surface area contributed by atoms with Crippen LogP contribution in [0, 0.1) is 0 Å². The van der Waals surface area contributed by atoms with E-state index in [2.05, 4.69) is 51.5 Å². The van der Waals surface area contributed by atoms with Gasteiger partial charge in [0.05, 0.1) is 23.2 Å². The van der Waals surface area contributed by atoms with Gasteiger partial charge in [0, 0.05) is 16.8 Å². The SMILES string of the molecule is O=C(O)c1ccc(-c2ccc(/C=N\NC(=O)c3ccc(-n4c(-c5ccccc5)ccc4-c4ccccc4)cc3)o2)cc1. The lowest BCUT2D eigenvalue weighted by Crippen LogP contribution is -2.17. The van der Waals surface area contributed by atoms with Gasteiger partial charge in [-0.25, -0.2) is 10.2 Å². The predicted molar refractivity (Wildman–Crippen MR) is 163 cm³/mol. The number of hydrazone groups is 1. The lowest BCUT2D eigenvalue weighted by molar-refractivity contribution is 0.0696. The average Bonchev–Trinajstić information content (AvgIpc) is 3.70. The molecule has 7 nitrogen and oxygen atoms in total. The second kappa shape index (κ2) is 11.7. The van der Waals surface area contributed by atoms with Crippen LogP contribution >= 0.6 is 0 Å². The molecule has 0 spiro atoms. The van der Waals surface area contributed by atoms with Crippen LogP contribution < -0.4 is 5.43 Å². The molecule has 4 aromatic carbocycles. The van der Waals surface area contributed by atoms with E-state index >= 15 is 0 Å². The third-order valence-electron chi connectivity index (χ3n) is 6.81. The molecule has 1 amide bonds. The van der Waals surface area contributed by atoms with Crippen molar-refractivity contribution in [1.82, 2.24) is 9.99 Å². The van der Waals surface area contributed by atoms with Gasteiger partial charge in [-0.1, -0.05) is 72.8 Å². The zero-order valence-corrected chi connectivity index (χ0v) is 22.3.